The molecule has 3 rings (SSSR count). The summed E-state index contributed by atoms with van der Waals surface area (Å²) in [4.78, 5) is 14.7. The summed E-state index contributed by atoms with van der Waals surface area (Å²) in [5.74, 6) is 1.24. The van der Waals surface area contributed by atoms with Crippen molar-refractivity contribution in [1.82, 2.24) is 9.97 Å². The zero-order valence-electron chi connectivity index (χ0n) is 17.9. The Kier molecular flexibility index (Phi) is 7.34. The maximum atomic E-state index is 12.9. The molecule has 0 aliphatic carbocycles. The molecule has 1 aromatic carbocycles. The van der Waals surface area contributed by atoms with Gasteiger partial charge in [0, 0.05) is 38.1 Å². The number of piperidine rings is 1. The lowest BCUT2D eigenvalue weighted by Crippen LogP contribution is -2.38. The summed E-state index contributed by atoms with van der Waals surface area (Å²) in [5, 5.41) is 0. The first-order valence-electron chi connectivity index (χ1n) is 10.4. The maximum Gasteiger partial charge on any atom is 0.416 e. The van der Waals surface area contributed by atoms with Gasteiger partial charge < -0.3 is 22.1 Å². The lowest BCUT2D eigenvalue weighted by atomic mass is 9.80. The van der Waals surface area contributed by atoms with E-state index in [-0.39, 0.29) is 11.8 Å². The van der Waals surface area contributed by atoms with Crippen LogP contribution in [0.4, 0.5) is 24.8 Å². The SMILES string of the molecule is CN=CC(=CN)c1c(N)ncnc1N1CCC(C(CN)c2ccc(C(F)(F)F)cc2)CC1. The predicted molar refractivity (Wildman–Crippen MR) is 121 cm³/mol. The number of rotatable bonds is 6. The van der Waals surface area contributed by atoms with Crippen molar-refractivity contribution in [1.29, 1.82) is 0 Å². The molecule has 1 aliphatic rings. The number of hydrogen-bond donors (Lipinski definition) is 3. The molecule has 0 radical (unpaired) electrons. The first-order valence-corrected chi connectivity index (χ1v) is 10.4. The van der Waals surface area contributed by atoms with Crippen LogP contribution in [-0.4, -0.2) is 42.9 Å². The van der Waals surface area contributed by atoms with E-state index in [1.165, 1.54) is 12.5 Å². The van der Waals surface area contributed by atoms with Gasteiger partial charge in [-0.1, -0.05) is 12.1 Å². The van der Waals surface area contributed by atoms with Crippen molar-refractivity contribution in [3.8, 4) is 0 Å². The van der Waals surface area contributed by atoms with Crippen molar-refractivity contribution in [2.75, 3.05) is 37.3 Å². The average molecular weight is 448 g/mol. The number of nitrogen functional groups attached to an aromatic ring is 1. The number of aromatic nitrogens is 2. The number of halogens is 3. The van der Waals surface area contributed by atoms with E-state index in [9.17, 15) is 13.2 Å². The molecule has 172 valence electrons. The summed E-state index contributed by atoms with van der Waals surface area (Å²) < 4.78 is 38.7. The molecular weight excluding hydrogens is 419 g/mol. The molecule has 1 aliphatic heterocycles. The Bertz CT molecular complexity index is 962. The molecule has 6 N–H and O–H groups in total. The first kappa shape index (κ1) is 23.5. The Labute approximate surface area is 185 Å². The molecule has 1 saturated heterocycles. The molecule has 7 nitrogen and oxygen atoms in total. The van der Waals surface area contributed by atoms with E-state index < -0.39 is 11.7 Å². The minimum atomic E-state index is -4.35. The van der Waals surface area contributed by atoms with Crippen LogP contribution in [0.5, 0.6) is 0 Å². The number of aliphatic imine (C=N–C) groups is 1. The van der Waals surface area contributed by atoms with Crippen LogP contribution in [0, 0.1) is 5.92 Å². The lowest BCUT2D eigenvalue weighted by molar-refractivity contribution is -0.137. The van der Waals surface area contributed by atoms with Gasteiger partial charge in [-0.3, -0.25) is 4.99 Å². The second-order valence-electron chi connectivity index (χ2n) is 7.75. The van der Waals surface area contributed by atoms with Crippen molar-refractivity contribution in [3.05, 3.63) is 53.5 Å². The molecule has 2 heterocycles. The molecule has 1 aromatic heterocycles. The second kappa shape index (κ2) is 9.99. The third-order valence-electron chi connectivity index (χ3n) is 5.92. The fourth-order valence-corrected chi connectivity index (χ4v) is 4.27. The highest BCUT2D eigenvalue weighted by Gasteiger charge is 2.32. The highest BCUT2D eigenvalue weighted by Crippen LogP contribution is 2.37. The maximum absolute atomic E-state index is 12.9. The van der Waals surface area contributed by atoms with Gasteiger partial charge in [-0.25, -0.2) is 9.97 Å². The van der Waals surface area contributed by atoms with E-state index in [1.807, 2.05) is 0 Å². The van der Waals surface area contributed by atoms with Crippen LogP contribution in [-0.2, 0) is 6.18 Å². The molecule has 1 fully saturated rings. The highest BCUT2D eigenvalue weighted by atomic mass is 19.4. The average Bonchev–Trinajstić information content (AvgIpc) is 2.78. The molecule has 10 heteroatoms. The highest BCUT2D eigenvalue weighted by molar-refractivity contribution is 6.13. The number of allylic oxidation sites excluding steroid dienone is 1. The van der Waals surface area contributed by atoms with Gasteiger partial charge in [-0.15, -0.1) is 0 Å². The number of nitrogens with zero attached hydrogens (tertiary/aromatic N) is 4. The third kappa shape index (κ3) is 5.01. The van der Waals surface area contributed by atoms with Gasteiger partial charge in [0.05, 0.1) is 11.1 Å². The minimum Gasteiger partial charge on any atom is -0.404 e. The summed E-state index contributed by atoms with van der Waals surface area (Å²) in [7, 11) is 1.64. The van der Waals surface area contributed by atoms with Crippen LogP contribution in [0.25, 0.3) is 5.57 Å². The second-order valence-corrected chi connectivity index (χ2v) is 7.75. The van der Waals surface area contributed by atoms with Gasteiger partial charge in [0.1, 0.15) is 18.0 Å². The summed E-state index contributed by atoms with van der Waals surface area (Å²) in [6.45, 7) is 1.77. The van der Waals surface area contributed by atoms with Crippen LogP contribution in [0.2, 0.25) is 0 Å². The van der Waals surface area contributed by atoms with Gasteiger partial charge in [-0.05, 0) is 48.9 Å². The van der Waals surface area contributed by atoms with Crippen molar-refractivity contribution < 1.29 is 13.2 Å². The van der Waals surface area contributed by atoms with Gasteiger partial charge in [-0.2, -0.15) is 13.2 Å². The number of alkyl halides is 3. The first-order chi connectivity index (χ1) is 15.3. The predicted octanol–water partition coefficient (Wildman–Crippen LogP) is 3.04. The molecule has 2 aromatic rings. The lowest BCUT2D eigenvalue weighted by Gasteiger charge is -2.37. The van der Waals surface area contributed by atoms with Crippen molar-refractivity contribution in [2.45, 2.75) is 24.9 Å². The number of anilines is 2. The van der Waals surface area contributed by atoms with Crippen molar-refractivity contribution in [3.63, 3.8) is 0 Å². The van der Waals surface area contributed by atoms with Crippen LogP contribution >= 0.6 is 0 Å². The van der Waals surface area contributed by atoms with Crippen molar-refractivity contribution in [2.24, 2.45) is 22.4 Å². The number of nitrogens with two attached hydrogens (primary N) is 3. The van der Waals surface area contributed by atoms with Gasteiger partial charge in [0.2, 0.25) is 0 Å². The largest absolute Gasteiger partial charge is 0.416 e. The molecule has 0 saturated carbocycles. The quantitative estimate of drug-likeness (QED) is 0.586. The summed E-state index contributed by atoms with van der Waals surface area (Å²) in [6.07, 6.45) is 1.74. The zero-order chi connectivity index (χ0) is 23.3. The van der Waals surface area contributed by atoms with Gasteiger partial charge in [0.25, 0.3) is 0 Å². The van der Waals surface area contributed by atoms with Gasteiger partial charge in [0.15, 0.2) is 0 Å². The minimum absolute atomic E-state index is 0.0129. The smallest absolute Gasteiger partial charge is 0.404 e. The number of hydrogen-bond acceptors (Lipinski definition) is 7. The van der Waals surface area contributed by atoms with Crippen LogP contribution in [0.3, 0.4) is 0 Å². The Morgan fingerprint density at radius 3 is 2.41 bits per heavy atom. The molecule has 0 spiro atoms. The van der Waals surface area contributed by atoms with E-state index >= 15 is 0 Å². The van der Waals surface area contributed by atoms with Gasteiger partial charge >= 0.3 is 6.18 Å². The van der Waals surface area contributed by atoms with E-state index in [2.05, 4.69) is 19.9 Å². The molecule has 32 heavy (non-hydrogen) atoms. The van der Waals surface area contributed by atoms with Crippen molar-refractivity contribution >= 4 is 23.4 Å². The number of benzene rings is 1. The van der Waals surface area contributed by atoms with E-state index in [0.29, 0.717) is 42.4 Å². The van der Waals surface area contributed by atoms with Crippen LogP contribution < -0.4 is 22.1 Å². The third-order valence-corrected chi connectivity index (χ3v) is 5.92. The van der Waals surface area contributed by atoms with E-state index in [0.717, 1.165) is 30.5 Å². The Hall–Kier alpha value is -3.14. The van der Waals surface area contributed by atoms with E-state index in [1.54, 1.807) is 25.4 Å². The summed E-state index contributed by atoms with van der Waals surface area (Å²) in [5.41, 5.74) is 19.4. The molecule has 0 amide bonds. The van der Waals surface area contributed by atoms with Crippen LogP contribution in [0.1, 0.15) is 35.4 Å². The molecule has 0 bridgehead atoms. The standard InChI is InChI=1S/C22H28F3N7/c1-29-12-16(10-26)19-20(28)30-13-31-21(19)32-8-6-15(7-9-32)18(11-27)14-2-4-17(5-3-14)22(23,24)25/h2-5,10,12-13,15,18H,6-9,11,26-27H2,1H3,(H2,28,30,31). The molecule has 1 atom stereocenters. The zero-order valence-corrected chi connectivity index (χ0v) is 17.9. The fraction of sp³-hybridized carbons (Fsp3) is 0.409. The van der Waals surface area contributed by atoms with E-state index in [4.69, 9.17) is 17.2 Å². The summed E-state index contributed by atoms with van der Waals surface area (Å²) >= 11 is 0. The Balaban J connectivity index is 1.77. The summed E-state index contributed by atoms with van der Waals surface area (Å²) in [6, 6.07) is 5.33. The molecule has 1 unspecified atom stereocenters. The normalized spacial score (nSPS) is 17.2. The monoisotopic (exact) mass is 447 g/mol. The Morgan fingerprint density at radius 2 is 1.88 bits per heavy atom. The Morgan fingerprint density at radius 1 is 1.22 bits per heavy atom. The van der Waals surface area contributed by atoms with Crippen LogP contribution in [0.15, 0.2) is 41.8 Å². The fourth-order valence-electron chi connectivity index (χ4n) is 4.27. The topological polar surface area (TPSA) is 119 Å². The molecular formula is C22H28F3N7.